The van der Waals surface area contributed by atoms with Crippen LogP contribution >= 0.6 is 15.9 Å². The molecule has 0 aliphatic carbocycles. The summed E-state index contributed by atoms with van der Waals surface area (Å²) in [4.78, 5) is 27.8. The summed E-state index contributed by atoms with van der Waals surface area (Å²) in [5, 5.41) is 0. The van der Waals surface area contributed by atoms with Crippen LogP contribution in [0.15, 0.2) is 28.7 Å². The van der Waals surface area contributed by atoms with Crippen molar-refractivity contribution < 1.29 is 14.3 Å². The van der Waals surface area contributed by atoms with Gasteiger partial charge in [-0.3, -0.25) is 4.79 Å². The summed E-state index contributed by atoms with van der Waals surface area (Å²) in [5.41, 5.74) is 2.90. The van der Waals surface area contributed by atoms with Crippen LogP contribution in [-0.2, 0) is 11.2 Å². The minimum atomic E-state index is -0.428. The number of hydrogen-bond acceptors (Lipinski definition) is 3. The third-order valence-corrected chi connectivity index (χ3v) is 3.97. The zero-order valence-corrected chi connectivity index (χ0v) is 14.4. The van der Waals surface area contributed by atoms with Crippen LogP contribution in [0.5, 0.6) is 0 Å². The van der Waals surface area contributed by atoms with Gasteiger partial charge in [0.2, 0.25) is 0 Å². The second-order valence-corrected chi connectivity index (χ2v) is 5.81. The summed E-state index contributed by atoms with van der Waals surface area (Å²) in [5.74, 6) is -0.523. The number of aryl methyl sites for hydroxylation is 1. The molecule has 0 spiro atoms. The third kappa shape index (κ3) is 3.14. The van der Waals surface area contributed by atoms with Gasteiger partial charge in [0.05, 0.1) is 6.61 Å². The van der Waals surface area contributed by atoms with E-state index in [0.29, 0.717) is 35.4 Å². The smallest absolute Gasteiger partial charge is 0.355 e. The first kappa shape index (κ1) is 16.5. The van der Waals surface area contributed by atoms with Crippen LogP contribution in [0.25, 0.3) is 0 Å². The van der Waals surface area contributed by atoms with E-state index in [1.54, 1.807) is 26.0 Å². The fraction of sp³-hybridized carbons (Fsp3) is 0.294. The molecule has 0 saturated heterocycles. The lowest BCUT2D eigenvalue weighted by Crippen LogP contribution is -2.08. The Morgan fingerprint density at radius 3 is 2.59 bits per heavy atom. The van der Waals surface area contributed by atoms with Gasteiger partial charge < -0.3 is 9.72 Å². The second kappa shape index (κ2) is 6.92. The average molecular weight is 364 g/mol. The van der Waals surface area contributed by atoms with E-state index in [-0.39, 0.29) is 5.78 Å². The van der Waals surface area contributed by atoms with E-state index in [4.69, 9.17) is 4.74 Å². The number of ketones is 1. The van der Waals surface area contributed by atoms with Crippen molar-refractivity contribution in [3.63, 3.8) is 0 Å². The lowest BCUT2D eigenvalue weighted by atomic mass is 9.98. The molecule has 0 fully saturated rings. The number of rotatable bonds is 5. The topological polar surface area (TPSA) is 59.2 Å². The molecule has 0 bridgehead atoms. The first-order chi connectivity index (χ1) is 10.5. The first-order valence-electron chi connectivity index (χ1n) is 7.18. The maximum absolute atomic E-state index is 12.8. The molecule has 116 valence electrons. The molecule has 0 aliphatic rings. The second-order valence-electron chi connectivity index (χ2n) is 4.89. The molecule has 5 heteroatoms. The van der Waals surface area contributed by atoms with Gasteiger partial charge in [-0.25, -0.2) is 4.79 Å². The van der Waals surface area contributed by atoms with Crippen LogP contribution in [-0.4, -0.2) is 23.3 Å². The number of aromatic nitrogens is 1. The zero-order valence-electron chi connectivity index (χ0n) is 12.8. The monoisotopic (exact) mass is 363 g/mol. The van der Waals surface area contributed by atoms with Gasteiger partial charge in [0, 0.05) is 21.3 Å². The molecular formula is C17H18BrNO3. The van der Waals surface area contributed by atoms with Crippen molar-refractivity contribution in [2.24, 2.45) is 0 Å². The van der Waals surface area contributed by atoms with Crippen molar-refractivity contribution in [2.75, 3.05) is 6.61 Å². The summed E-state index contributed by atoms with van der Waals surface area (Å²) in [7, 11) is 0. The van der Waals surface area contributed by atoms with Crippen LogP contribution in [0.4, 0.5) is 0 Å². The van der Waals surface area contributed by atoms with Gasteiger partial charge in [-0.2, -0.15) is 0 Å². The van der Waals surface area contributed by atoms with Crippen LogP contribution < -0.4 is 0 Å². The van der Waals surface area contributed by atoms with Gasteiger partial charge in [-0.1, -0.05) is 35.0 Å². The van der Waals surface area contributed by atoms with Crippen molar-refractivity contribution in [2.45, 2.75) is 27.2 Å². The Morgan fingerprint density at radius 2 is 2.00 bits per heavy atom. The summed E-state index contributed by atoms with van der Waals surface area (Å²) in [6.45, 7) is 5.77. The van der Waals surface area contributed by atoms with E-state index in [9.17, 15) is 9.59 Å². The maximum atomic E-state index is 12.8. The molecule has 22 heavy (non-hydrogen) atoms. The largest absolute Gasteiger partial charge is 0.461 e. The van der Waals surface area contributed by atoms with Crippen molar-refractivity contribution in [3.8, 4) is 0 Å². The Morgan fingerprint density at radius 1 is 1.27 bits per heavy atom. The highest BCUT2D eigenvalue weighted by Gasteiger charge is 2.24. The van der Waals surface area contributed by atoms with Crippen molar-refractivity contribution in [1.82, 2.24) is 4.98 Å². The van der Waals surface area contributed by atoms with E-state index in [1.807, 2.05) is 19.1 Å². The Balaban J connectivity index is 2.50. The van der Waals surface area contributed by atoms with E-state index in [2.05, 4.69) is 20.9 Å². The lowest BCUT2D eigenvalue weighted by Gasteiger charge is -2.04. The molecule has 2 aromatic rings. The molecule has 1 aromatic carbocycles. The SMILES string of the molecule is CCOC(=O)c1[nH]c(CC)c(C(=O)c2cccc(Br)c2)c1C. The van der Waals surface area contributed by atoms with Crippen LogP contribution in [0.1, 0.15) is 51.5 Å². The summed E-state index contributed by atoms with van der Waals surface area (Å²) >= 11 is 3.37. The van der Waals surface area contributed by atoms with Crippen LogP contribution in [0.3, 0.4) is 0 Å². The van der Waals surface area contributed by atoms with E-state index < -0.39 is 5.97 Å². The molecule has 4 nitrogen and oxygen atoms in total. The standard InChI is InChI=1S/C17H18BrNO3/c1-4-13-14(10(3)15(19-13)17(21)22-5-2)16(20)11-7-6-8-12(18)9-11/h6-9,19H,4-5H2,1-3H3. The van der Waals surface area contributed by atoms with Crippen molar-refractivity contribution >= 4 is 27.7 Å². The Hall–Kier alpha value is -1.88. The van der Waals surface area contributed by atoms with Crippen molar-refractivity contribution in [3.05, 3.63) is 56.8 Å². The minimum absolute atomic E-state index is 0.0950. The molecule has 0 radical (unpaired) electrons. The van der Waals surface area contributed by atoms with Crippen LogP contribution in [0, 0.1) is 6.92 Å². The summed E-state index contributed by atoms with van der Waals surface area (Å²) < 4.78 is 5.88. The summed E-state index contributed by atoms with van der Waals surface area (Å²) in [6.07, 6.45) is 0.634. The number of aromatic amines is 1. The molecule has 0 atom stereocenters. The van der Waals surface area contributed by atoms with Gasteiger partial charge in [-0.15, -0.1) is 0 Å². The zero-order chi connectivity index (χ0) is 16.3. The fourth-order valence-electron chi connectivity index (χ4n) is 2.41. The van der Waals surface area contributed by atoms with E-state index >= 15 is 0 Å². The highest BCUT2D eigenvalue weighted by molar-refractivity contribution is 9.10. The molecule has 0 amide bonds. The number of hydrogen-bond donors (Lipinski definition) is 1. The lowest BCUT2D eigenvalue weighted by molar-refractivity contribution is 0.0519. The number of carbonyl (C=O) groups excluding carboxylic acids is 2. The van der Waals surface area contributed by atoms with E-state index in [1.165, 1.54) is 0 Å². The highest BCUT2D eigenvalue weighted by atomic mass is 79.9. The number of H-pyrrole nitrogens is 1. The van der Waals surface area contributed by atoms with Crippen LogP contribution in [0.2, 0.25) is 0 Å². The first-order valence-corrected chi connectivity index (χ1v) is 7.97. The maximum Gasteiger partial charge on any atom is 0.355 e. The fourth-order valence-corrected chi connectivity index (χ4v) is 2.81. The van der Waals surface area contributed by atoms with Crippen molar-refractivity contribution in [1.29, 1.82) is 0 Å². The predicted molar refractivity (Wildman–Crippen MR) is 88.4 cm³/mol. The number of halogens is 1. The summed E-state index contributed by atoms with van der Waals surface area (Å²) in [6, 6.07) is 7.23. The van der Waals surface area contributed by atoms with E-state index in [0.717, 1.165) is 10.2 Å². The molecule has 0 saturated carbocycles. The highest BCUT2D eigenvalue weighted by Crippen LogP contribution is 2.24. The van der Waals surface area contributed by atoms with Gasteiger partial charge in [0.25, 0.3) is 0 Å². The molecule has 1 heterocycles. The Kier molecular flexibility index (Phi) is 5.19. The molecule has 0 aliphatic heterocycles. The number of ether oxygens (including phenoxy) is 1. The molecular weight excluding hydrogens is 346 g/mol. The van der Waals surface area contributed by atoms with Gasteiger partial charge >= 0.3 is 5.97 Å². The van der Waals surface area contributed by atoms with Gasteiger partial charge in [0.15, 0.2) is 5.78 Å². The number of nitrogens with one attached hydrogen (secondary N) is 1. The molecule has 0 unspecified atom stereocenters. The predicted octanol–water partition coefficient (Wildman–Crippen LogP) is 4.06. The van der Waals surface area contributed by atoms with Gasteiger partial charge in [0.1, 0.15) is 5.69 Å². The quantitative estimate of drug-likeness (QED) is 0.643. The Bertz CT molecular complexity index is 719. The number of carbonyl (C=O) groups is 2. The average Bonchev–Trinajstić information content (AvgIpc) is 2.83. The Labute approximate surface area is 138 Å². The third-order valence-electron chi connectivity index (χ3n) is 3.47. The normalized spacial score (nSPS) is 10.5. The molecule has 1 aromatic heterocycles. The minimum Gasteiger partial charge on any atom is -0.461 e. The molecule has 1 N–H and O–H groups in total. The molecule has 2 rings (SSSR count). The number of benzene rings is 1. The van der Waals surface area contributed by atoms with Gasteiger partial charge in [-0.05, 0) is 38.0 Å². The number of esters is 1.